The molecule has 2 fully saturated rings. The van der Waals surface area contributed by atoms with Crippen LogP contribution in [0.3, 0.4) is 0 Å². The summed E-state index contributed by atoms with van der Waals surface area (Å²) in [6, 6.07) is 9.06. The lowest BCUT2D eigenvalue weighted by Crippen LogP contribution is -2.55. The van der Waals surface area contributed by atoms with E-state index >= 15 is 0 Å². The highest BCUT2D eigenvalue weighted by molar-refractivity contribution is 5.96. The normalized spacial score (nSPS) is 22.7. The van der Waals surface area contributed by atoms with E-state index in [1.165, 1.54) is 0 Å². The number of aromatic nitrogens is 2. The molecule has 2 saturated heterocycles. The Bertz CT molecular complexity index is 913. The molecule has 2 N–H and O–H groups in total. The molecule has 2 aromatic rings. The van der Waals surface area contributed by atoms with Crippen molar-refractivity contribution in [3.05, 3.63) is 54.0 Å². The summed E-state index contributed by atoms with van der Waals surface area (Å²) in [5, 5.41) is 0. The van der Waals surface area contributed by atoms with Gasteiger partial charge in [0.25, 0.3) is 5.91 Å². The van der Waals surface area contributed by atoms with Crippen molar-refractivity contribution < 1.29 is 9.59 Å². The molecular weight excluding hydrogens is 380 g/mol. The third kappa shape index (κ3) is 3.87. The van der Waals surface area contributed by atoms with E-state index in [2.05, 4.69) is 26.8 Å². The summed E-state index contributed by atoms with van der Waals surface area (Å²) in [6.45, 7) is 4.54. The van der Waals surface area contributed by atoms with Gasteiger partial charge in [0, 0.05) is 57.2 Å². The maximum absolute atomic E-state index is 13.3. The van der Waals surface area contributed by atoms with Crippen molar-refractivity contribution in [2.24, 2.45) is 5.73 Å². The van der Waals surface area contributed by atoms with E-state index in [-0.39, 0.29) is 12.5 Å². The molecule has 1 unspecified atom stereocenters. The van der Waals surface area contributed by atoms with Crippen LogP contribution in [0.25, 0.3) is 0 Å². The fraction of sp³-hybridized carbons (Fsp3) is 0.455. The first-order chi connectivity index (χ1) is 14.5. The van der Waals surface area contributed by atoms with Crippen LogP contribution in [-0.4, -0.2) is 77.9 Å². The van der Waals surface area contributed by atoms with Crippen molar-refractivity contribution in [3.8, 4) is 0 Å². The standard InChI is InChI=1S/C22H28N6O2/c1-26-11-13-27(14-12-26)19-15-17(6-9-25-19)20(29)28-10-4-7-22(16-28,21(23)30)18-5-2-3-8-24-18/h2-3,5-6,8-9,15H,4,7,10-14,16H2,1H3,(H2,23,30). The zero-order valence-corrected chi connectivity index (χ0v) is 17.3. The van der Waals surface area contributed by atoms with Crippen molar-refractivity contribution in [2.45, 2.75) is 18.3 Å². The van der Waals surface area contributed by atoms with Gasteiger partial charge >= 0.3 is 0 Å². The molecule has 0 bridgehead atoms. The second-order valence-corrected chi connectivity index (χ2v) is 8.18. The van der Waals surface area contributed by atoms with E-state index in [9.17, 15) is 9.59 Å². The fourth-order valence-corrected chi connectivity index (χ4v) is 4.35. The number of likely N-dealkylation sites (N-methyl/N-ethyl adjacent to an activating group) is 1. The molecule has 8 heteroatoms. The molecule has 30 heavy (non-hydrogen) atoms. The Kier molecular flexibility index (Phi) is 5.67. The number of pyridine rings is 2. The van der Waals surface area contributed by atoms with Gasteiger partial charge in [-0.3, -0.25) is 14.6 Å². The predicted molar refractivity (Wildman–Crippen MR) is 114 cm³/mol. The molecule has 8 nitrogen and oxygen atoms in total. The van der Waals surface area contributed by atoms with Crippen molar-refractivity contribution in [3.63, 3.8) is 0 Å². The van der Waals surface area contributed by atoms with E-state index in [4.69, 9.17) is 5.73 Å². The van der Waals surface area contributed by atoms with Gasteiger partial charge in [-0.1, -0.05) is 6.07 Å². The number of nitrogens with zero attached hydrogens (tertiary/aromatic N) is 5. The Balaban J connectivity index is 1.56. The third-order valence-electron chi connectivity index (χ3n) is 6.23. The number of hydrogen-bond donors (Lipinski definition) is 1. The van der Waals surface area contributed by atoms with Crippen LogP contribution in [0.15, 0.2) is 42.7 Å². The van der Waals surface area contributed by atoms with Crippen LogP contribution >= 0.6 is 0 Å². The van der Waals surface area contributed by atoms with Gasteiger partial charge < -0.3 is 20.4 Å². The highest BCUT2D eigenvalue weighted by Crippen LogP contribution is 2.33. The summed E-state index contributed by atoms with van der Waals surface area (Å²) in [5.41, 5.74) is 6.09. The second-order valence-electron chi connectivity index (χ2n) is 8.18. The number of nitrogens with two attached hydrogens (primary N) is 1. The molecule has 0 spiro atoms. The SMILES string of the molecule is CN1CCN(c2cc(C(=O)N3CCCC(C(N)=O)(c4ccccn4)C3)ccn2)CC1. The van der Waals surface area contributed by atoms with Gasteiger partial charge in [-0.25, -0.2) is 4.98 Å². The van der Waals surface area contributed by atoms with Crippen LogP contribution in [0, 0.1) is 0 Å². The number of carbonyl (C=O) groups excluding carboxylic acids is 2. The summed E-state index contributed by atoms with van der Waals surface area (Å²) in [4.78, 5) is 40.9. The predicted octanol–water partition coefficient (Wildman–Crippen LogP) is 0.888. The van der Waals surface area contributed by atoms with Crippen LogP contribution in [0.1, 0.15) is 28.9 Å². The largest absolute Gasteiger partial charge is 0.369 e. The van der Waals surface area contributed by atoms with E-state index < -0.39 is 11.3 Å². The highest BCUT2D eigenvalue weighted by Gasteiger charge is 2.44. The van der Waals surface area contributed by atoms with Crippen LogP contribution in [0.2, 0.25) is 0 Å². The summed E-state index contributed by atoms with van der Waals surface area (Å²) in [7, 11) is 2.10. The molecule has 0 aliphatic carbocycles. The number of piperazine rings is 1. The lowest BCUT2D eigenvalue weighted by Gasteiger charge is -2.40. The maximum Gasteiger partial charge on any atom is 0.254 e. The molecule has 158 valence electrons. The summed E-state index contributed by atoms with van der Waals surface area (Å²) < 4.78 is 0. The summed E-state index contributed by atoms with van der Waals surface area (Å²) in [6.07, 6.45) is 4.63. The van der Waals surface area contributed by atoms with Crippen LogP contribution in [0.4, 0.5) is 5.82 Å². The number of hydrogen-bond acceptors (Lipinski definition) is 6. The molecule has 2 aromatic heterocycles. The first kappa shape index (κ1) is 20.3. The number of amides is 2. The molecule has 2 aliphatic rings. The minimum absolute atomic E-state index is 0.103. The molecule has 1 atom stereocenters. The van der Waals surface area contributed by atoms with Crippen molar-refractivity contribution in [1.82, 2.24) is 19.8 Å². The average Bonchev–Trinajstić information content (AvgIpc) is 2.79. The zero-order valence-electron chi connectivity index (χ0n) is 17.3. The first-order valence-corrected chi connectivity index (χ1v) is 10.4. The van der Waals surface area contributed by atoms with E-state index in [0.717, 1.165) is 32.0 Å². The van der Waals surface area contributed by atoms with Gasteiger partial charge in [0.2, 0.25) is 5.91 Å². The maximum atomic E-state index is 13.3. The minimum Gasteiger partial charge on any atom is -0.369 e. The Morgan fingerprint density at radius 2 is 1.83 bits per heavy atom. The van der Waals surface area contributed by atoms with Gasteiger partial charge in [0.1, 0.15) is 11.2 Å². The number of primary amides is 1. The summed E-state index contributed by atoms with van der Waals surface area (Å²) >= 11 is 0. The van der Waals surface area contributed by atoms with Crippen molar-refractivity contribution in [1.29, 1.82) is 0 Å². The molecule has 0 aromatic carbocycles. The molecule has 0 radical (unpaired) electrons. The van der Waals surface area contributed by atoms with Gasteiger partial charge in [-0.2, -0.15) is 0 Å². The fourth-order valence-electron chi connectivity index (χ4n) is 4.35. The molecule has 2 amide bonds. The molecule has 0 saturated carbocycles. The number of anilines is 1. The lowest BCUT2D eigenvalue weighted by molar-refractivity contribution is -0.125. The van der Waals surface area contributed by atoms with Gasteiger partial charge in [-0.05, 0) is 44.2 Å². The zero-order chi connectivity index (χ0) is 21.1. The molecule has 2 aliphatic heterocycles. The van der Waals surface area contributed by atoms with Crippen molar-refractivity contribution in [2.75, 3.05) is 51.2 Å². The molecule has 4 heterocycles. The lowest BCUT2D eigenvalue weighted by atomic mass is 9.76. The Morgan fingerprint density at radius 1 is 1.03 bits per heavy atom. The van der Waals surface area contributed by atoms with Gasteiger partial charge in [0.15, 0.2) is 0 Å². The number of piperidine rings is 1. The van der Waals surface area contributed by atoms with E-state index in [0.29, 0.717) is 30.6 Å². The van der Waals surface area contributed by atoms with E-state index in [1.807, 2.05) is 18.2 Å². The van der Waals surface area contributed by atoms with Crippen LogP contribution in [-0.2, 0) is 10.2 Å². The first-order valence-electron chi connectivity index (χ1n) is 10.4. The third-order valence-corrected chi connectivity index (χ3v) is 6.23. The number of carbonyl (C=O) groups is 2. The minimum atomic E-state index is -0.956. The average molecular weight is 409 g/mol. The topological polar surface area (TPSA) is 95.7 Å². The monoisotopic (exact) mass is 408 g/mol. The van der Waals surface area contributed by atoms with Gasteiger partial charge in [0.05, 0.1) is 5.69 Å². The summed E-state index contributed by atoms with van der Waals surface area (Å²) in [5.74, 6) is 0.275. The quantitative estimate of drug-likeness (QED) is 0.807. The molecule has 4 rings (SSSR count). The van der Waals surface area contributed by atoms with Crippen LogP contribution in [0.5, 0.6) is 0 Å². The number of likely N-dealkylation sites (tertiary alicyclic amines) is 1. The highest BCUT2D eigenvalue weighted by atomic mass is 16.2. The number of rotatable bonds is 4. The Morgan fingerprint density at radius 3 is 2.53 bits per heavy atom. The van der Waals surface area contributed by atoms with Crippen molar-refractivity contribution >= 4 is 17.6 Å². The van der Waals surface area contributed by atoms with Gasteiger partial charge in [-0.15, -0.1) is 0 Å². The Labute approximate surface area is 176 Å². The smallest absolute Gasteiger partial charge is 0.254 e. The Hall–Kier alpha value is -3.00. The molecular formula is C22H28N6O2. The second kappa shape index (κ2) is 8.39. The van der Waals surface area contributed by atoms with Crippen LogP contribution < -0.4 is 10.6 Å². The van der Waals surface area contributed by atoms with E-state index in [1.54, 1.807) is 29.4 Å².